The van der Waals surface area contributed by atoms with E-state index in [-0.39, 0.29) is 35.1 Å². The van der Waals surface area contributed by atoms with Crippen LogP contribution in [0.3, 0.4) is 0 Å². The molecule has 0 aliphatic heterocycles. The van der Waals surface area contributed by atoms with Crippen molar-refractivity contribution in [3.8, 4) is 0 Å². The normalized spacial score (nSPS) is 29.1. The topological polar surface area (TPSA) is 52.6 Å². The van der Waals surface area contributed by atoms with Crippen LogP contribution in [0.25, 0.3) is 10.8 Å². The molecule has 37 heavy (non-hydrogen) atoms. The van der Waals surface area contributed by atoms with Crippen LogP contribution in [-0.4, -0.2) is 24.1 Å². The monoisotopic (exact) mass is 488 g/mol. The van der Waals surface area contributed by atoms with Gasteiger partial charge >= 0.3 is 11.9 Å². The van der Waals surface area contributed by atoms with Crippen molar-refractivity contribution < 1.29 is 19.1 Å². The number of fused-ring (bicyclic) bond motifs is 2. The van der Waals surface area contributed by atoms with Gasteiger partial charge in [0.05, 0.1) is 11.1 Å². The zero-order chi connectivity index (χ0) is 25.1. The van der Waals surface area contributed by atoms with Crippen LogP contribution in [0.2, 0.25) is 0 Å². The molecule has 0 aromatic heterocycles. The molecule has 4 aromatic rings. The Hall–Kier alpha value is -3.92. The molecule has 4 heteroatoms. The molecule has 0 amide bonds. The van der Waals surface area contributed by atoms with Crippen LogP contribution in [0.15, 0.2) is 97.1 Å². The van der Waals surface area contributed by atoms with Crippen LogP contribution >= 0.6 is 0 Å². The Bertz CT molecular complexity index is 1510. The quantitative estimate of drug-likeness (QED) is 0.293. The van der Waals surface area contributed by atoms with Gasteiger partial charge in [-0.1, -0.05) is 79.7 Å². The van der Waals surface area contributed by atoms with Gasteiger partial charge in [0.25, 0.3) is 0 Å². The standard InChI is InChI=1S/C33H28O4/c1-33-19-18-25(27-23-16-8-14-20-15-9-17-24(26(20)23)28(27)33)29(36-31(34)21-10-4-2-5-11-21)30(33)37-32(35)22-12-6-3-7-13-22/h2-17,25,27-30H,18-19H2,1H3. The molecule has 184 valence electrons. The minimum atomic E-state index is -0.544. The van der Waals surface area contributed by atoms with E-state index >= 15 is 0 Å². The Morgan fingerprint density at radius 1 is 0.730 bits per heavy atom. The molecular weight excluding hydrogens is 460 g/mol. The van der Waals surface area contributed by atoms with Crippen LogP contribution in [0.5, 0.6) is 0 Å². The van der Waals surface area contributed by atoms with Gasteiger partial charge in [-0.2, -0.15) is 0 Å². The van der Waals surface area contributed by atoms with E-state index in [4.69, 9.17) is 9.47 Å². The highest BCUT2D eigenvalue weighted by Gasteiger charge is 2.66. The van der Waals surface area contributed by atoms with Crippen LogP contribution in [-0.2, 0) is 9.47 Å². The first-order chi connectivity index (χ1) is 18.1. The van der Waals surface area contributed by atoms with Gasteiger partial charge in [-0.15, -0.1) is 0 Å². The third kappa shape index (κ3) is 3.28. The molecule has 4 aliphatic rings. The molecule has 4 nitrogen and oxygen atoms in total. The van der Waals surface area contributed by atoms with Gasteiger partial charge in [-0.25, -0.2) is 9.59 Å². The number of hydrogen-bond donors (Lipinski definition) is 0. The van der Waals surface area contributed by atoms with Gasteiger partial charge in [-0.3, -0.25) is 0 Å². The molecular formula is C33H28O4. The van der Waals surface area contributed by atoms with Crippen LogP contribution in [0.4, 0.5) is 0 Å². The van der Waals surface area contributed by atoms with E-state index < -0.39 is 12.2 Å². The Kier molecular flexibility index (Phi) is 5.00. The van der Waals surface area contributed by atoms with Crippen LogP contribution < -0.4 is 0 Å². The van der Waals surface area contributed by atoms with E-state index in [0.717, 1.165) is 12.8 Å². The largest absolute Gasteiger partial charge is 0.454 e. The maximum absolute atomic E-state index is 13.4. The van der Waals surface area contributed by atoms with Crippen molar-refractivity contribution in [3.63, 3.8) is 0 Å². The van der Waals surface area contributed by atoms with Gasteiger partial charge in [0.1, 0.15) is 12.2 Å². The predicted octanol–water partition coefficient (Wildman–Crippen LogP) is 6.90. The van der Waals surface area contributed by atoms with Crippen molar-refractivity contribution >= 4 is 22.7 Å². The SMILES string of the molecule is CC12CCC(C(OC(=O)c3ccccc3)C1OC(=O)c1ccccc1)C1c3cccc4cccc(c34)C12. The Morgan fingerprint density at radius 3 is 1.97 bits per heavy atom. The number of carbonyl (C=O) groups is 2. The summed E-state index contributed by atoms with van der Waals surface area (Å²) in [7, 11) is 0. The van der Waals surface area contributed by atoms with Crippen molar-refractivity contribution in [1.29, 1.82) is 0 Å². The summed E-state index contributed by atoms with van der Waals surface area (Å²) in [6.07, 6.45) is 0.770. The van der Waals surface area contributed by atoms with E-state index in [1.807, 2.05) is 36.4 Å². The molecule has 0 radical (unpaired) electrons. The second-order valence-electron chi connectivity index (χ2n) is 10.9. The number of rotatable bonds is 4. The Morgan fingerprint density at radius 2 is 1.32 bits per heavy atom. The number of benzene rings is 4. The average molecular weight is 489 g/mol. The maximum atomic E-state index is 13.4. The number of carbonyl (C=O) groups excluding carboxylic acids is 2. The van der Waals surface area contributed by atoms with Crippen LogP contribution in [0.1, 0.15) is 63.4 Å². The molecule has 2 bridgehead atoms. The van der Waals surface area contributed by atoms with E-state index in [2.05, 4.69) is 43.3 Å². The second kappa shape index (κ2) is 8.31. The summed E-state index contributed by atoms with van der Waals surface area (Å²) in [4.78, 5) is 26.7. The van der Waals surface area contributed by atoms with Crippen molar-refractivity contribution in [2.24, 2.45) is 11.3 Å². The molecule has 3 fully saturated rings. The fourth-order valence-corrected chi connectivity index (χ4v) is 7.53. The minimum absolute atomic E-state index is 0.0612. The van der Waals surface area contributed by atoms with Crippen molar-refractivity contribution in [2.45, 2.75) is 43.8 Å². The molecule has 4 aliphatic carbocycles. The van der Waals surface area contributed by atoms with E-state index in [1.165, 1.54) is 21.9 Å². The third-order valence-electron chi connectivity index (χ3n) is 9.08. The fourth-order valence-electron chi connectivity index (χ4n) is 7.53. The highest BCUT2D eigenvalue weighted by atomic mass is 16.6. The lowest BCUT2D eigenvalue weighted by Gasteiger charge is -2.59. The van der Waals surface area contributed by atoms with Gasteiger partial charge in [-0.05, 0) is 64.9 Å². The molecule has 0 spiro atoms. The minimum Gasteiger partial charge on any atom is -0.454 e. The number of ether oxygens (including phenoxy) is 2. The second-order valence-corrected chi connectivity index (χ2v) is 10.9. The third-order valence-corrected chi connectivity index (χ3v) is 9.08. The molecule has 0 N–H and O–H groups in total. The number of esters is 2. The summed E-state index contributed by atoms with van der Waals surface area (Å²) in [6, 6.07) is 31.3. The lowest BCUT2D eigenvalue weighted by molar-refractivity contribution is -0.174. The highest BCUT2D eigenvalue weighted by molar-refractivity contribution is 5.93. The summed E-state index contributed by atoms with van der Waals surface area (Å²) in [5.41, 5.74) is 3.31. The predicted molar refractivity (Wildman–Crippen MR) is 142 cm³/mol. The van der Waals surface area contributed by atoms with Crippen molar-refractivity contribution in [1.82, 2.24) is 0 Å². The molecule has 0 saturated heterocycles. The summed E-state index contributed by atoms with van der Waals surface area (Å²) in [6.45, 7) is 2.23. The van der Waals surface area contributed by atoms with Crippen molar-refractivity contribution in [2.75, 3.05) is 0 Å². The molecule has 8 rings (SSSR count). The lowest BCUT2D eigenvalue weighted by Crippen LogP contribution is -2.62. The summed E-state index contributed by atoms with van der Waals surface area (Å²) in [5.74, 6) is -0.253. The average Bonchev–Trinajstić information content (AvgIpc) is 3.29. The molecule has 6 unspecified atom stereocenters. The zero-order valence-electron chi connectivity index (χ0n) is 20.7. The van der Waals surface area contributed by atoms with Gasteiger partial charge in [0.2, 0.25) is 0 Å². The van der Waals surface area contributed by atoms with E-state index in [1.54, 1.807) is 24.3 Å². The highest BCUT2D eigenvalue weighted by Crippen LogP contribution is 2.69. The van der Waals surface area contributed by atoms with Gasteiger partial charge < -0.3 is 9.47 Å². The maximum Gasteiger partial charge on any atom is 0.338 e. The first kappa shape index (κ1) is 22.3. The van der Waals surface area contributed by atoms with Gasteiger partial charge in [0.15, 0.2) is 0 Å². The lowest BCUT2D eigenvalue weighted by atomic mass is 9.48. The molecule has 6 atom stereocenters. The summed E-state index contributed by atoms with van der Waals surface area (Å²) in [5, 5.41) is 2.56. The summed E-state index contributed by atoms with van der Waals surface area (Å²) >= 11 is 0. The van der Waals surface area contributed by atoms with Crippen LogP contribution in [0, 0.1) is 11.3 Å². The summed E-state index contributed by atoms with van der Waals surface area (Å²) < 4.78 is 12.7. The van der Waals surface area contributed by atoms with Gasteiger partial charge in [0, 0.05) is 17.3 Å². The number of hydrogen-bond acceptors (Lipinski definition) is 4. The zero-order valence-corrected chi connectivity index (χ0v) is 20.7. The first-order valence-electron chi connectivity index (χ1n) is 13.1. The molecule has 0 heterocycles. The van der Waals surface area contributed by atoms with E-state index in [0.29, 0.717) is 11.1 Å². The fraction of sp³-hybridized carbons (Fsp3) is 0.273. The smallest absolute Gasteiger partial charge is 0.338 e. The molecule has 4 aromatic carbocycles. The van der Waals surface area contributed by atoms with E-state index in [9.17, 15) is 9.59 Å². The molecule has 3 saturated carbocycles. The van der Waals surface area contributed by atoms with Crippen molar-refractivity contribution in [3.05, 3.63) is 119 Å². The Balaban J connectivity index is 1.34. The first-order valence-corrected chi connectivity index (χ1v) is 13.1. The Labute approximate surface area is 216 Å².